The number of rotatable bonds is 10. The Morgan fingerprint density at radius 1 is 0.333 bits per heavy atom. The van der Waals surface area contributed by atoms with Crippen molar-refractivity contribution in [1.82, 2.24) is 0 Å². The number of hydrogen-bond donors (Lipinski definition) is 0. The van der Waals surface area contributed by atoms with Gasteiger partial charge in [0.1, 0.15) is 11.6 Å². The molecule has 0 aliphatic rings. The highest BCUT2D eigenvalue weighted by atomic mass is 19.1. The Labute approximate surface area is 447 Å². The Morgan fingerprint density at radius 3 is 1.06 bits per heavy atom. The molecule has 4 heteroatoms. The molecule has 72 heavy (non-hydrogen) atoms. The number of benzene rings is 12. The number of halogens is 2. The van der Waals surface area contributed by atoms with Crippen LogP contribution in [0.5, 0.6) is 0 Å². The summed E-state index contributed by atoms with van der Waals surface area (Å²) >= 11 is 0. The second kappa shape index (κ2) is 18.1. The standard InChI is InChI=1S/C68H50F2N2/c1-43-25-27-45(3)63(37-43)71(67-57(49-21-13-7-14-22-49)39-53(41-59(67)69)47-17-9-5-10-18-47)61-35-31-51-30-34-56-62(36-32-52-29-33-55(61)65(51)66(52)56)72(64-38-44(2)26-28-46(64)4)68-58(50-23-15-8-16-24-50)40-54(42-60(68)70)48-19-11-6-12-20-48/h5-42H,1-4H3/i5D,6D,7D,8D,9D,10D,11D,12D,13D,14D,15D,16D,17D,18D,19D,20D,21D,22D,23D,24D. The highest BCUT2D eigenvalue weighted by molar-refractivity contribution is 6.28. The first-order chi connectivity index (χ1) is 43.5. The van der Waals surface area contributed by atoms with Crippen LogP contribution in [0, 0.1) is 39.3 Å². The van der Waals surface area contributed by atoms with Crippen LogP contribution in [0.3, 0.4) is 0 Å². The molecular formula is C68H50F2N2. The van der Waals surface area contributed by atoms with E-state index >= 15 is 8.78 Å². The maximum atomic E-state index is 18.6. The minimum atomic E-state index is -1.08. The van der Waals surface area contributed by atoms with Gasteiger partial charge in [0.15, 0.2) is 0 Å². The van der Waals surface area contributed by atoms with Crippen LogP contribution < -0.4 is 9.80 Å². The Kier molecular flexibility index (Phi) is 6.93. The van der Waals surface area contributed by atoms with Gasteiger partial charge in [-0.2, -0.15) is 0 Å². The molecule has 0 aliphatic heterocycles. The van der Waals surface area contributed by atoms with Gasteiger partial charge in [-0.05, 0) is 153 Å². The zero-order valence-electron chi connectivity index (χ0n) is 59.0. The lowest BCUT2D eigenvalue weighted by Gasteiger charge is -2.33. The van der Waals surface area contributed by atoms with E-state index in [0.717, 1.165) is 12.1 Å². The van der Waals surface area contributed by atoms with Crippen molar-refractivity contribution in [3.8, 4) is 44.5 Å². The summed E-state index contributed by atoms with van der Waals surface area (Å²) in [6, 6.07) is 15.3. The molecule has 0 aromatic heterocycles. The van der Waals surface area contributed by atoms with Crippen LogP contribution in [0.4, 0.5) is 42.9 Å². The van der Waals surface area contributed by atoms with Crippen molar-refractivity contribution in [3.05, 3.63) is 264 Å². The van der Waals surface area contributed by atoms with E-state index in [-0.39, 0.29) is 33.6 Å². The molecule has 346 valence electrons. The van der Waals surface area contributed by atoms with E-state index in [1.807, 2.05) is 50.2 Å². The lowest BCUT2D eigenvalue weighted by atomic mass is 9.90. The maximum absolute atomic E-state index is 18.6. The smallest absolute Gasteiger partial charge is 0.148 e. The fourth-order valence-electron chi connectivity index (χ4n) is 9.70. The third-order valence-electron chi connectivity index (χ3n) is 13.0. The van der Waals surface area contributed by atoms with Gasteiger partial charge in [0.05, 0.1) is 50.2 Å². The Morgan fingerprint density at radius 2 is 0.681 bits per heavy atom. The second-order valence-corrected chi connectivity index (χ2v) is 17.6. The average Bonchev–Trinajstić information content (AvgIpc) is 0.718. The average molecular weight is 953 g/mol. The van der Waals surface area contributed by atoms with Crippen molar-refractivity contribution in [2.45, 2.75) is 27.7 Å². The van der Waals surface area contributed by atoms with Crippen molar-refractivity contribution in [2.24, 2.45) is 0 Å². The molecule has 2 nitrogen and oxygen atoms in total. The minimum absolute atomic E-state index is 0.253. The summed E-state index contributed by atoms with van der Waals surface area (Å²) < 4.78 is 213. The Bertz CT molecular complexity index is 4790. The first-order valence-corrected chi connectivity index (χ1v) is 22.9. The molecule has 0 amide bonds. The van der Waals surface area contributed by atoms with Crippen LogP contribution in [0.15, 0.2) is 230 Å². The van der Waals surface area contributed by atoms with Crippen LogP contribution in [-0.4, -0.2) is 0 Å². The Hall–Kier alpha value is -8.86. The third kappa shape index (κ3) is 7.73. The third-order valence-corrected chi connectivity index (χ3v) is 13.0. The van der Waals surface area contributed by atoms with Crippen LogP contribution in [0.2, 0.25) is 0 Å². The molecule has 0 radical (unpaired) electrons. The van der Waals surface area contributed by atoms with Gasteiger partial charge >= 0.3 is 0 Å². The van der Waals surface area contributed by atoms with Gasteiger partial charge in [0, 0.05) is 33.3 Å². The molecular weight excluding hydrogens is 883 g/mol. The zero-order chi connectivity index (χ0) is 66.4. The fraction of sp³-hybridized carbons (Fsp3) is 0.0588. The topological polar surface area (TPSA) is 6.48 Å². The van der Waals surface area contributed by atoms with Crippen molar-refractivity contribution in [1.29, 1.82) is 0 Å². The van der Waals surface area contributed by atoms with E-state index in [0.29, 0.717) is 77.3 Å². The molecule has 0 atom stereocenters. The first kappa shape index (κ1) is 27.5. The van der Waals surface area contributed by atoms with Gasteiger partial charge in [-0.25, -0.2) is 8.78 Å². The summed E-state index contributed by atoms with van der Waals surface area (Å²) in [7, 11) is 0. The molecule has 0 saturated heterocycles. The van der Waals surface area contributed by atoms with Crippen LogP contribution in [0.1, 0.15) is 49.7 Å². The molecule has 0 unspecified atom stereocenters. The first-order valence-electron chi connectivity index (χ1n) is 32.9. The highest BCUT2D eigenvalue weighted by Gasteiger charge is 2.29. The van der Waals surface area contributed by atoms with E-state index in [4.69, 9.17) is 21.9 Å². The van der Waals surface area contributed by atoms with Crippen molar-refractivity contribution < 1.29 is 36.2 Å². The van der Waals surface area contributed by atoms with Gasteiger partial charge < -0.3 is 9.80 Å². The largest absolute Gasteiger partial charge is 0.306 e. The van der Waals surface area contributed by atoms with Crippen LogP contribution in [-0.2, 0) is 0 Å². The van der Waals surface area contributed by atoms with E-state index in [1.54, 1.807) is 72.2 Å². The van der Waals surface area contributed by atoms with Gasteiger partial charge in [0.25, 0.3) is 0 Å². The normalized spacial score (nSPS) is 15.4. The molecule has 0 aliphatic carbocycles. The minimum Gasteiger partial charge on any atom is -0.306 e. The number of hydrogen-bond acceptors (Lipinski definition) is 2. The number of aryl methyl sites for hydroxylation is 4. The lowest BCUT2D eigenvalue weighted by Crippen LogP contribution is -2.16. The predicted octanol–water partition coefficient (Wildman–Crippen LogP) is 19.7. The fourth-order valence-corrected chi connectivity index (χ4v) is 9.70. The number of nitrogens with zero attached hydrogens (tertiary/aromatic N) is 2. The monoisotopic (exact) mass is 953 g/mol. The summed E-state index contributed by atoms with van der Waals surface area (Å²) in [6.45, 7) is 7.20. The molecule has 0 fully saturated rings. The molecule has 12 rings (SSSR count). The summed E-state index contributed by atoms with van der Waals surface area (Å²) in [4.78, 5) is 3.13. The second-order valence-electron chi connectivity index (χ2n) is 17.6. The molecule has 12 aromatic rings. The van der Waals surface area contributed by atoms with Crippen LogP contribution in [0.25, 0.3) is 76.8 Å². The van der Waals surface area contributed by atoms with Gasteiger partial charge in [-0.15, -0.1) is 0 Å². The highest BCUT2D eigenvalue weighted by Crippen LogP contribution is 2.52. The maximum Gasteiger partial charge on any atom is 0.148 e. The molecule has 0 saturated carbocycles. The van der Waals surface area contributed by atoms with E-state index in [9.17, 15) is 5.48 Å². The summed E-state index contributed by atoms with van der Waals surface area (Å²) in [5, 5.41) is 3.36. The SMILES string of the molecule is [2H]c1c([2H])c([2H])c(-c2cc(F)c(N(c3cc(C)ccc3C)c3ccc4ccc5c(N(c6cc(C)ccc6C)c6c(F)cc(-c7c([2H])c([2H])c([2H])c([2H])c7[2H])cc6-c6c([2H])c([2H])c([2H])c([2H])c6[2H])ccc6ccc3c4c65)c(-c3c([2H])c([2H])c([2H])c([2H])c3[2H])c2)c([2H])c1[2H]. The van der Waals surface area contributed by atoms with E-state index in [1.165, 1.54) is 12.1 Å². The van der Waals surface area contributed by atoms with Crippen LogP contribution >= 0.6 is 0 Å². The van der Waals surface area contributed by atoms with E-state index in [2.05, 4.69) is 0 Å². The number of anilines is 6. The molecule has 12 aromatic carbocycles. The quantitative estimate of drug-likeness (QED) is 0.126. The van der Waals surface area contributed by atoms with Gasteiger partial charge in [0.2, 0.25) is 0 Å². The molecule has 0 bridgehead atoms. The lowest BCUT2D eigenvalue weighted by molar-refractivity contribution is 0.629. The molecule has 0 N–H and O–H groups in total. The summed E-state index contributed by atoms with van der Waals surface area (Å²) in [5.74, 6) is -2.16. The van der Waals surface area contributed by atoms with Gasteiger partial charge in [-0.3, -0.25) is 0 Å². The van der Waals surface area contributed by atoms with Crippen molar-refractivity contribution >= 4 is 66.4 Å². The zero-order valence-corrected chi connectivity index (χ0v) is 39.0. The molecule has 0 spiro atoms. The Balaban J connectivity index is 1.20. The van der Waals surface area contributed by atoms with E-state index < -0.39 is 155 Å². The van der Waals surface area contributed by atoms with Crippen molar-refractivity contribution in [3.63, 3.8) is 0 Å². The summed E-state index contributed by atoms with van der Waals surface area (Å²) in [6.07, 6.45) is 0. The predicted molar refractivity (Wildman–Crippen MR) is 300 cm³/mol. The summed E-state index contributed by atoms with van der Waals surface area (Å²) in [5.41, 5.74) is 0.397. The van der Waals surface area contributed by atoms with Gasteiger partial charge in [-0.1, -0.05) is 182 Å². The van der Waals surface area contributed by atoms with Crippen molar-refractivity contribution in [2.75, 3.05) is 9.80 Å². The molecule has 0 heterocycles.